The van der Waals surface area contributed by atoms with E-state index < -0.39 is 12.1 Å². The number of aliphatic hydroxyl groups is 1. The van der Waals surface area contributed by atoms with Crippen LogP contribution in [0.3, 0.4) is 0 Å². The van der Waals surface area contributed by atoms with Crippen LogP contribution in [0.25, 0.3) is 0 Å². The van der Waals surface area contributed by atoms with E-state index in [1.54, 1.807) is 14.0 Å². The van der Waals surface area contributed by atoms with E-state index in [1.165, 1.54) is 9.80 Å². The standard InChI is InChI=1S/C11H22N2O4/c1-4-13(8-6-10(15)16)11(17)12(3)7-5-9(2)14/h9,14H,4-8H2,1-3H3,(H,15,16). The Morgan fingerprint density at radius 1 is 1.29 bits per heavy atom. The Bertz CT molecular complexity index is 256. The van der Waals surface area contributed by atoms with Gasteiger partial charge in [-0.1, -0.05) is 0 Å². The zero-order valence-electron chi connectivity index (χ0n) is 10.7. The van der Waals surface area contributed by atoms with E-state index in [4.69, 9.17) is 10.2 Å². The first-order valence-corrected chi connectivity index (χ1v) is 5.78. The van der Waals surface area contributed by atoms with Crippen LogP contribution in [0.2, 0.25) is 0 Å². The highest BCUT2D eigenvalue weighted by atomic mass is 16.4. The Balaban J connectivity index is 4.17. The molecule has 0 radical (unpaired) electrons. The summed E-state index contributed by atoms with van der Waals surface area (Å²) in [4.78, 5) is 25.3. The van der Waals surface area contributed by atoms with E-state index in [0.29, 0.717) is 19.5 Å². The Morgan fingerprint density at radius 2 is 1.88 bits per heavy atom. The predicted octanol–water partition coefficient (Wildman–Crippen LogP) is 0.606. The Hall–Kier alpha value is -1.30. The van der Waals surface area contributed by atoms with E-state index in [9.17, 15) is 9.59 Å². The lowest BCUT2D eigenvalue weighted by Crippen LogP contribution is -2.42. The van der Waals surface area contributed by atoms with Gasteiger partial charge in [-0.3, -0.25) is 4.79 Å². The second-order valence-corrected chi connectivity index (χ2v) is 4.07. The SMILES string of the molecule is CCN(CCC(=O)O)C(=O)N(C)CCC(C)O. The van der Waals surface area contributed by atoms with E-state index in [-0.39, 0.29) is 19.0 Å². The highest BCUT2D eigenvalue weighted by Gasteiger charge is 2.17. The molecule has 0 aromatic rings. The average molecular weight is 246 g/mol. The van der Waals surface area contributed by atoms with Crippen molar-refractivity contribution in [3.05, 3.63) is 0 Å². The fourth-order valence-corrected chi connectivity index (χ4v) is 1.34. The summed E-state index contributed by atoms with van der Waals surface area (Å²) < 4.78 is 0. The number of aliphatic hydroxyl groups excluding tert-OH is 1. The molecule has 0 saturated carbocycles. The van der Waals surface area contributed by atoms with Gasteiger partial charge in [0, 0.05) is 26.7 Å². The molecule has 0 rings (SSSR count). The molecule has 0 aliphatic heterocycles. The van der Waals surface area contributed by atoms with Crippen LogP contribution in [0.1, 0.15) is 26.7 Å². The van der Waals surface area contributed by atoms with Gasteiger partial charge in [0.05, 0.1) is 12.5 Å². The third kappa shape index (κ3) is 6.78. The molecule has 0 aromatic heterocycles. The molecule has 0 saturated heterocycles. The van der Waals surface area contributed by atoms with Gasteiger partial charge in [0.15, 0.2) is 0 Å². The van der Waals surface area contributed by atoms with Gasteiger partial charge < -0.3 is 20.0 Å². The van der Waals surface area contributed by atoms with E-state index in [2.05, 4.69) is 0 Å². The largest absolute Gasteiger partial charge is 0.481 e. The molecule has 0 heterocycles. The second-order valence-electron chi connectivity index (χ2n) is 4.07. The zero-order valence-corrected chi connectivity index (χ0v) is 10.7. The molecular weight excluding hydrogens is 224 g/mol. The van der Waals surface area contributed by atoms with Gasteiger partial charge >= 0.3 is 12.0 Å². The van der Waals surface area contributed by atoms with E-state index >= 15 is 0 Å². The highest BCUT2D eigenvalue weighted by Crippen LogP contribution is 2.01. The molecule has 0 aliphatic rings. The van der Waals surface area contributed by atoms with Crippen molar-refractivity contribution < 1.29 is 19.8 Å². The van der Waals surface area contributed by atoms with Crippen LogP contribution in [0.15, 0.2) is 0 Å². The summed E-state index contributed by atoms with van der Waals surface area (Å²) in [5.41, 5.74) is 0. The molecule has 0 aliphatic carbocycles. The van der Waals surface area contributed by atoms with Crippen molar-refractivity contribution in [2.45, 2.75) is 32.8 Å². The number of carboxylic acids is 1. The van der Waals surface area contributed by atoms with Crippen molar-refractivity contribution >= 4 is 12.0 Å². The first-order valence-electron chi connectivity index (χ1n) is 5.78. The van der Waals surface area contributed by atoms with Crippen molar-refractivity contribution in [3.8, 4) is 0 Å². The molecule has 2 N–H and O–H groups in total. The normalized spacial score (nSPS) is 12.0. The lowest BCUT2D eigenvalue weighted by atomic mass is 10.3. The molecule has 1 unspecified atom stereocenters. The number of carbonyl (C=O) groups is 2. The number of carbonyl (C=O) groups excluding carboxylic acids is 1. The minimum atomic E-state index is -0.914. The number of nitrogens with zero attached hydrogens (tertiary/aromatic N) is 2. The molecule has 0 fully saturated rings. The van der Waals surface area contributed by atoms with Crippen LogP contribution < -0.4 is 0 Å². The molecular formula is C11H22N2O4. The Kier molecular flexibility index (Phi) is 7.29. The molecule has 100 valence electrons. The smallest absolute Gasteiger partial charge is 0.319 e. The number of carboxylic acid groups (broad SMARTS) is 1. The fraction of sp³-hybridized carbons (Fsp3) is 0.818. The molecule has 0 spiro atoms. The number of amides is 2. The summed E-state index contributed by atoms with van der Waals surface area (Å²) in [5.74, 6) is -0.914. The molecule has 0 bridgehead atoms. The van der Waals surface area contributed by atoms with Gasteiger partial charge in [-0.2, -0.15) is 0 Å². The molecule has 17 heavy (non-hydrogen) atoms. The lowest BCUT2D eigenvalue weighted by Gasteiger charge is -2.27. The van der Waals surface area contributed by atoms with Crippen LogP contribution >= 0.6 is 0 Å². The van der Waals surface area contributed by atoms with E-state index in [1.807, 2.05) is 6.92 Å². The quantitative estimate of drug-likeness (QED) is 0.689. The van der Waals surface area contributed by atoms with Gasteiger partial charge in [0.1, 0.15) is 0 Å². The van der Waals surface area contributed by atoms with Crippen LogP contribution in [0, 0.1) is 0 Å². The Morgan fingerprint density at radius 3 is 2.29 bits per heavy atom. The first-order chi connectivity index (χ1) is 7.88. The van der Waals surface area contributed by atoms with Gasteiger partial charge in [0.2, 0.25) is 0 Å². The van der Waals surface area contributed by atoms with Gasteiger partial charge in [-0.05, 0) is 20.3 Å². The maximum atomic E-state index is 11.9. The minimum absolute atomic E-state index is 0.0518. The zero-order chi connectivity index (χ0) is 13.4. The van der Waals surface area contributed by atoms with Crippen LogP contribution in [-0.2, 0) is 4.79 Å². The number of hydrogen-bond donors (Lipinski definition) is 2. The molecule has 2 amide bonds. The van der Waals surface area contributed by atoms with E-state index in [0.717, 1.165) is 0 Å². The second kappa shape index (κ2) is 7.89. The average Bonchev–Trinajstić information content (AvgIpc) is 2.25. The van der Waals surface area contributed by atoms with Crippen LogP contribution in [0.5, 0.6) is 0 Å². The van der Waals surface area contributed by atoms with Crippen molar-refractivity contribution in [1.29, 1.82) is 0 Å². The molecule has 6 heteroatoms. The predicted molar refractivity (Wildman–Crippen MR) is 63.8 cm³/mol. The maximum Gasteiger partial charge on any atom is 0.319 e. The maximum absolute atomic E-state index is 11.9. The lowest BCUT2D eigenvalue weighted by molar-refractivity contribution is -0.137. The minimum Gasteiger partial charge on any atom is -0.481 e. The van der Waals surface area contributed by atoms with Crippen LogP contribution in [-0.4, -0.2) is 64.8 Å². The molecule has 1 atom stereocenters. The monoisotopic (exact) mass is 246 g/mol. The summed E-state index contributed by atoms with van der Waals surface area (Å²) >= 11 is 0. The van der Waals surface area contributed by atoms with Crippen molar-refractivity contribution in [3.63, 3.8) is 0 Å². The van der Waals surface area contributed by atoms with Crippen molar-refractivity contribution in [2.24, 2.45) is 0 Å². The number of urea groups is 1. The Labute approximate surface area is 102 Å². The van der Waals surface area contributed by atoms with Crippen LogP contribution in [0.4, 0.5) is 4.79 Å². The summed E-state index contributed by atoms with van der Waals surface area (Å²) in [6.45, 7) is 4.62. The third-order valence-electron chi connectivity index (χ3n) is 2.46. The van der Waals surface area contributed by atoms with Gasteiger partial charge in [-0.15, -0.1) is 0 Å². The number of hydrogen-bond acceptors (Lipinski definition) is 3. The van der Waals surface area contributed by atoms with Crippen molar-refractivity contribution in [1.82, 2.24) is 9.80 Å². The molecule has 0 aromatic carbocycles. The van der Waals surface area contributed by atoms with Gasteiger partial charge in [0.25, 0.3) is 0 Å². The number of aliphatic carboxylic acids is 1. The van der Waals surface area contributed by atoms with Gasteiger partial charge in [-0.25, -0.2) is 4.79 Å². The number of rotatable bonds is 7. The summed E-state index contributed by atoms with van der Waals surface area (Å²) in [6.07, 6.45) is 0.0158. The first kappa shape index (κ1) is 15.7. The highest BCUT2D eigenvalue weighted by molar-refractivity contribution is 5.75. The summed E-state index contributed by atoms with van der Waals surface area (Å²) in [5, 5.41) is 17.7. The summed E-state index contributed by atoms with van der Waals surface area (Å²) in [6, 6.07) is -0.200. The third-order valence-corrected chi connectivity index (χ3v) is 2.46. The molecule has 6 nitrogen and oxygen atoms in total. The fourth-order valence-electron chi connectivity index (χ4n) is 1.34. The summed E-state index contributed by atoms with van der Waals surface area (Å²) in [7, 11) is 1.65. The van der Waals surface area contributed by atoms with Crippen molar-refractivity contribution in [2.75, 3.05) is 26.7 Å². The topological polar surface area (TPSA) is 81.1 Å².